The maximum Gasteiger partial charge on any atom is 0.309 e. The molecule has 0 fully saturated rings. The first-order chi connectivity index (χ1) is 12.9. The third kappa shape index (κ3) is 3.38. The van der Waals surface area contributed by atoms with E-state index < -0.39 is 16.9 Å². The van der Waals surface area contributed by atoms with Gasteiger partial charge in [-0.15, -0.1) is 0 Å². The van der Waals surface area contributed by atoms with Gasteiger partial charge in [-0.3, -0.25) is 19.6 Å². The van der Waals surface area contributed by atoms with Gasteiger partial charge in [0.1, 0.15) is 29.6 Å². The number of nitro groups is 1. The van der Waals surface area contributed by atoms with Gasteiger partial charge in [-0.2, -0.15) is 15.5 Å². The number of aryl methyl sites for hydroxylation is 1. The number of nitrogens with zero attached hydrogens (tertiary/aromatic N) is 6. The quantitative estimate of drug-likeness (QED) is 0.545. The summed E-state index contributed by atoms with van der Waals surface area (Å²) >= 11 is 0. The standard InChI is InChI=1S/C17H15N7O3/c1-11-15(24(26)27)10-22(21-11)12(2)17(25)20-16-13(8-18)9-19-23(16)14-6-4-3-5-7-14/h3-7,9-10,12H,1-2H3,(H,20,25). The lowest BCUT2D eigenvalue weighted by Gasteiger charge is -2.14. The number of rotatable bonds is 5. The molecule has 0 aliphatic heterocycles. The normalized spacial score (nSPS) is 11.6. The van der Waals surface area contributed by atoms with E-state index >= 15 is 0 Å². The van der Waals surface area contributed by atoms with Crippen molar-refractivity contribution in [1.29, 1.82) is 5.26 Å². The number of nitrogens with one attached hydrogen (secondary N) is 1. The van der Waals surface area contributed by atoms with E-state index in [0.29, 0.717) is 5.69 Å². The Morgan fingerprint density at radius 2 is 2.07 bits per heavy atom. The fourth-order valence-electron chi connectivity index (χ4n) is 2.51. The van der Waals surface area contributed by atoms with Crippen LogP contribution in [0.15, 0.2) is 42.7 Å². The minimum Gasteiger partial charge on any atom is -0.308 e. The van der Waals surface area contributed by atoms with Gasteiger partial charge in [-0.05, 0) is 26.0 Å². The van der Waals surface area contributed by atoms with Gasteiger partial charge in [-0.25, -0.2) is 4.68 Å². The number of carbonyl (C=O) groups excluding carboxylic acids is 1. The molecule has 0 saturated carbocycles. The predicted molar refractivity (Wildman–Crippen MR) is 95.2 cm³/mol. The maximum atomic E-state index is 12.7. The monoisotopic (exact) mass is 365 g/mol. The second kappa shape index (κ2) is 7.09. The van der Waals surface area contributed by atoms with Gasteiger partial charge in [0.15, 0.2) is 5.82 Å². The molecule has 1 atom stereocenters. The van der Waals surface area contributed by atoms with Crippen LogP contribution in [0.4, 0.5) is 11.5 Å². The van der Waals surface area contributed by atoms with Gasteiger partial charge in [0.2, 0.25) is 5.91 Å². The Bertz CT molecular complexity index is 1050. The van der Waals surface area contributed by atoms with Crippen molar-refractivity contribution < 1.29 is 9.72 Å². The van der Waals surface area contributed by atoms with Crippen LogP contribution in [-0.2, 0) is 4.79 Å². The Morgan fingerprint density at radius 1 is 1.37 bits per heavy atom. The summed E-state index contributed by atoms with van der Waals surface area (Å²) < 4.78 is 2.66. The van der Waals surface area contributed by atoms with Crippen LogP contribution in [0.25, 0.3) is 5.69 Å². The van der Waals surface area contributed by atoms with E-state index in [9.17, 15) is 20.2 Å². The topological polar surface area (TPSA) is 132 Å². The third-order valence-corrected chi connectivity index (χ3v) is 4.00. The molecule has 0 saturated heterocycles. The largest absolute Gasteiger partial charge is 0.309 e. The zero-order valence-electron chi connectivity index (χ0n) is 14.5. The van der Waals surface area contributed by atoms with Crippen molar-refractivity contribution in [3.8, 4) is 11.8 Å². The highest BCUT2D eigenvalue weighted by Crippen LogP contribution is 2.22. The van der Waals surface area contributed by atoms with Gasteiger partial charge in [0.25, 0.3) is 0 Å². The predicted octanol–water partition coefficient (Wildman–Crippen LogP) is 2.36. The van der Waals surface area contributed by atoms with E-state index in [2.05, 4.69) is 15.5 Å². The fraction of sp³-hybridized carbons (Fsp3) is 0.176. The van der Waals surface area contributed by atoms with Crippen LogP contribution in [0, 0.1) is 28.4 Å². The highest BCUT2D eigenvalue weighted by molar-refractivity contribution is 5.94. The van der Waals surface area contributed by atoms with E-state index in [1.807, 2.05) is 24.3 Å². The molecule has 27 heavy (non-hydrogen) atoms. The fourth-order valence-corrected chi connectivity index (χ4v) is 2.51. The van der Waals surface area contributed by atoms with Crippen molar-refractivity contribution in [2.45, 2.75) is 19.9 Å². The SMILES string of the molecule is Cc1nn(C(C)C(=O)Nc2c(C#N)cnn2-c2ccccc2)cc1[N+](=O)[O-]. The van der Waals surface area contributed by atoms with Gasteiger partial charge in [0.05, 0.1) is 16.8 Å². The lowest BCUT2D eigenvalue weighted by molar-refractivity contribution is -0.385. The number of aromatic nitrogens is 4. The number of anilines is 1. The molecule has 10 nitrogen and oxygen atoms in total. The first-order valence-electron chi connectivity index (χ1n) is 7.97. The van der Waals surface area contributed by atoms with Crippen molar-refractivity contribution in [2.24, 2.45) is 0 Å². The van der Waals surface area contributed by atoms with Crippen molar-refractivity contribution in [1.82, 2.24) is 19.6 Å². The molecule has 0 bridgehead atoms. The third-order valence-electron chi connectivity index (χ3n) is 4.00. The number of hydrogen-bond acceptors (Lipinski definition) is 6. The molecular formula is C17H15N7O3. The van der Waals surface area contributed by atoms with Gasteiger partial charge < -0.3 is 5.32 Å². The van der Waals surface area contributed by atoms with Gasteiger partial charge >= 0.3 is 5.69 Å². The van der Waals surface area contributed by atoms with Crippen LogP contribution in [0.2, 0.25) is 0 Å². The van der Waals surface area contributed by atoms with E-state index in [1.54, 1.807) is 19.1 Å². The molecule has 3 aromatic rings. The summed E-state index contributed by atoms with van der Waals surface area (Å²) in [5, 5.41) is 31.1. The molecule has 1 N–H and O–H groups in total. The second-order valence-corrected chi connectivity index (χ2v) is 5.77. The highest BCUT2D eigenvalue weighted by Gasteiger charge is 2.24. The van der Waals surface area contributed by atoms with Crippen LogP contribution < -0.4 is 5.32 Å². The van der Waals surface area contributed by atoms with Crippen molar-refractivity contribution in [3.05, 3.63) is 64.1 Å². The van der Waals surface area contributed by atoms with Crippen LogP contribution in [0.3, 0.4) is 0 Å². The molecule has 0 aliphatic carbocycles. The number of hydrogen-bond donors (Lipinski definition) is 1. The van der Waals surface area contributed by atoms with Crippen LogP contribution in [0.1, 0.15) is 24.2 Å². The molecule has 10 heteroatoms. The molecule has 1 unspecified atom stereocenters. The molecule has 136 valence electrons. The average Bonchev–Trinajstić information content (AvgIpc) is 3.25. The van der Waals surface area contributed by atoms with Crippen LogP contribution in [0.5, 0.6) is 0 Å². The van der Waals surface area contributed by atoms with E-state index in [0.717, 1.165) is 0 Å². The summed E-state index contributed by atoms with van der Waals surface area (Å²) in [7, 11) is 0. The van der Waals surface area contributed by atoms with E-state index in [-0.39, 0.29) is 22.8 Å². The van der Waals surface area contributed by atoms with Crippen molar-refractivity contribution in [3.63, 3.8) is 0 Å². The summed E-state index contributed by atoms with van der Waals surface area (Å²) in [6.45, 7) is 3.05. The van der Waals surface area contributed by atoms with E-state index in [4.69, 9.17) is 0 Å². The molecule has 0 aliphatic rings. The van der Waals surface area contributed by atoms with Crippen LogP contribution >= 0.6 is 0 Å². The summed E-state index contributed by atoms with van der Waals surface area (Å²) in [5.41, 5.74) is 0.919. The Labute approximate surface area is 153 Å². The number of amides is 1. The Hall–Kier alpha value is -4.00. The summed E-state index contributed by atoms with van der Waals surface area (Å²) in [6, 6.07) is 10.2. The smallest absolute Gasteiger partial charge is 0.308 e. The lowest BCUT2D eigenvalue weighted by Crippen LogP contribution is -2.25. The number of carbonyl (C=O) groups is 1. The molecule has 0 radical (unpaired) electrons. The highest BCUT2D eigenvalue weighted by atomic mass is 16.6. The first kappa shape index (κ1) is 17.8. The van der Waals surface area contributed by atoms with Crippen molar-refractivity contribution in [2.75, 3.05) is 5.32 Å². The molecule has 0 spiro atoms. The van der Waals surface area contributed by atoms with E-state index in [1.165, 1.54) is 28.7 Å². The molecule has 1 amide bonds. The Balaban J connectivity index is 1.90. The average molecular weight is 365 g/mol. The molecule has 3 rings (SSSR count). The summed E-state index contributed by atoms with van der Waals surface area (Å²) in [6.07, 6.45) is 2.56. The molecule has 1 aromatic carbocycles. The molecular weight excluding hydrogens is 350 g/mol. The minimum atomic E-state index is -0.830. The molecule has 2 aromatic heterocycles. The summed E-state index contributed by atoms with van der Waals surface area (Å²) in [5.74, 6) is -0.263. The van der Waals surface area contributed by atoms with Crippen molar-refractivity contribution >= 4 is 17.4 Å². The zero-order valence-corrected chi connectivity index (χ0v) is 14.5. The lowest BCUT2D eigenvalue weighted by atomic mass is 10.3. The minimum absolute atomic E-state index is 0.165. The summed E-state index contributed by atoms with van der Waals surface area (Å²) in [4.78, 5) is 23.1. The Morgan fingerprint density at radius 3 is 2.67 bits per heavy atom. The zero-order chi connectivity index (χ0) is 19.6. The second-order valence-electron chi connectivity index (χ2n) is 5.77. The number of benzene rings is 1. The Kier molecular flexibility index (Phi) is 4.68. The number of nitriles is 1. The van der Waals surface area contributed by atoms with Gasteiger partial charge in [0, 0.05) is 0 Å². The maximum absolute atomic E-state index is 12.7. The van der Waals surface area contributed by atoms with Gasteiger partial charge in [-0.1, -0.05) is 18.2 Å². The first-order valence-corrected chi connectivity index (χ1v) is 7.97. The number of para-hydroxylation sites is 1. The van der Waals surface area contributed by atoms with Crippen LogP contribution in [-0.4, -0.2) is 30.4 Å². The molecule has 2 heterocycles.